The van der Waals surface area contributed by atoms with Crippen molar-refractivity contribution in [3.05, 3.63) is 48.2 Å². The maximum atomic E-state index is 12.5. The third kappa shape index (κ3) is 3.30. The van der Waals surface area contributed by atoms with Crippen LogP contribution in [-0.4, -0.2) is 19.9 Å². The molecule has 0 saturated carbocycles. The molecule has 0 radical (unpaired) electrons. The van der Waals surface area contributed by atoms with Crippen molar-refractivity contribution in [2.24, 2.45) is 0 Å². The molecule has 3 aromatic rings. The van der Waals surface area contributed by atoms with Crippen molar-refractivity contribution in [1.29, 1.82) is 5.26 Å². The minimum atomic E-state index is -4.50. The average molecular weight is 332 g/mol. The molecule has 0 aromatic carbocycles. The highest BCUT2D eigenvalue weighted by atomic mass is 19.4. The van der Waals surface area contributed by atoms with Gasteiger partial charge in [-0.1, -0.05) is 0 Å². The molecule has 0 saturated heterocycles. The Balaban J connectivity index is 1.76. The van der Waals surface area contributed by atoms with Crippen LogP contribution in [0.5, 0.6) is 0 Å². The van der Waals surface area contributed by atoms with E-state index >= 15 is 0 Å². The highest BCUT2D eigenvalue weighted by Gasteiger charge is 2.31. The quantitative estimate of drug-likeness (QED) is 0.786. The van der Waals surface area contributed by atoms with E-state index in [2.05, 4.69) is 25.3 Å². The predicted octanol–water partition coefficient (Wildman–Crippen LogP) is 3.16. The molecule has 0 aliphatic rings. The molecule has 10 heteroatoms. The van der Waals surface area contributed by atoms with Gasteiger partial charge in [-0.2, -0.15) is 18.4 Å². The minimum Gasteiger partial charge on any atom is -0.420 e. The largest absolute Gasteiger partial charge is 0.420 e. The lowest BCUT2D eigenvalue weighted by Crippen LogP contribution is -2.06. The number of halogens is 3. The number of pyridine rings is 1. The third-order valence-corrected chi connectivity index (χ3v) is 2.83. The summed E-state index contributed by atoms with van der Waals surface area (Å²) < 4.78 is 42.7. The first-order valence-corrected chi connectivity index (χ1v) is 6.44. The first-order valence-electron chi connectivity index (χ1n) is 6.44. The van der Waals surface area contributed by atoms with Crippen molar-refractivity contribution in [3.63, 3.8) is 0 Å². The van der Waals surface area contributed by atoms with Gasteiger partial charge in [0.05, 0.1) is 23.6 Å². The van der Waals surface area contributed by atoms with Gasteiger partial charge in [-0.25, -0.2) is 19.9 Å². The van der Waals surface area contributed by atoms with Crippen LogP contribution in [0.1, 0.15) is 11.3 Å². The molecule has 120 valence electrons. The van der Waals surface area contributed by atoms with Crippen molar-refractivity contribution < 1.29 is 17.6 Å². The summed E-state index contributed by atoms with van der Waals surface area (Å²) in [4.78, 5) is 15.0. The SMILES string of the molecule is N#Cc1ccc(Nc2ncc(-c3ncc(C(F)(F)F)cn3)o2)cn1. The summed E-state index contributed by atoms with van der Waals surface area (Å²) in [5, 5.41) is 11.5. The second kappa shape index (κ2) is 5.96. The van der Waals surface area contributed by atoms with Gasteiger partial charge in [0.1, 0.15) is 11.8 Å². The van der Waals surface area contributed by atoms with E-state index in [0.29, 0.717) is 18.1 Å². The number of oxazole rings is 1. The maximum Gasteiger partial charge on any atom is 0.419 e. The lowest BCUT2D eigenvalue weighted by atomic mass is 10.3. The molecule has 0 fully saturated rings. The second-order valence-electron chi connectivity index (χ2n) is 4.49. The molecule has 3 heterocycles. The van der Waals surface area contributed by atoms with Crippen molar-refractivity contribution in [1.82, 2.24) is 19.9 Å². The average Bonchev–Trinajstić information content (AvgIpc) is 3.03. The topological polar surface area (TPSA) is 101 Å². The summed E-state index contributed by atoms with van der Waals surface area (Å²) >= 11 is 0. The second-order valence-corrected chi connectivity index (χ2v) is 4.49. The zero-order valence-corrected chi connectivity index (χ0v) is 11.7. The van der Waals surface area contributed by atoms with Crippen molar-refractivity contribution in [2.75, 3.05) is 5.32 Å². The smallest absolute Gasteiger partial charge is 0.419 e. The van der Waals surface area contributed by atoms with Crippen LogP contribution < -0.4 is 5.32 Å². The van der Waals surface area contributed by atoms with E-state index in [1.807, 2.05) is 6.07 Å². The lowest BCUT2D eigenvalue weighted by Gasteiger charge is -2.04. The molecule has 0 amide bonds. The number of rotatable bonds is 3. The van der Waals surface area contributed by atoms with Crippen molar-refractivity contribution in [2.45, 2.75) is 6.18 Å². The number of alkyl halides is 3. The number of hydrogen-bond acceptors (Lipinski definition) is 7. The van der Waals surface area contributed by atoms with Gasteiger partial charge in [-0.05, 0) is 12.1 Å². The van der Waals surface area contributed by atoms with Gasteiger partial charge in [0, 0.05) is 12.4 Å². The Morgan fingerprint density at radius 2 is 1.75 bits per heavy atom. The van der Waals surface area contributed by atoms with E-state index in [0.717, 1.165) is 0 Å². The van der Waals surface area contributed by atoms with E-state index in [9.17, 15) is 13.2 Å². The fourth-order valence-electron chi connectivity index (χ4n) is 1.69. The summed E-state index contributed by atoms with van der Waals surface area (Å²) in [7, 11) is 0. The van der Waals surface area contributed by atoms with E-state index in [-0.39, 0.29) is 23.3 Å². The molecular weight excluding hydrogens is 325 g/mol. The van der Waals surface area contributed by atoms with Crippen LogP contribution in [0, 0.1) is 11.3 Å². The summed E-state index contributed by atoms with van der Waals surface area (Å²) in [5.74, 6) is 0.0781. The Morgan fingerprint density at radius 3 is 2.33 bits per heavy atom. The molecule has 0 unspecified atom stereocenters. The van der Waals surface area contributed by atoms with Gasteiger partial charge in [0.15, 0.2) is 11.6 Å². The molecule has 1 N–H and O–H groups in total. The zero-order chi connectivity index (χ0) is 17.2. The van der Waals surface area contributed by atoms with Crippen LogP contribution in [0.15, 0.2) is 41.3 Å². The van der Waals surface area contributed by atoms with Crippen molar-refractivity contribution in [3.8, 4) is 17.7 Å². The fraction of sp³-hybridized carbons (Fsp3) is 0.0714. The molecule has 0 bridgehead atoms. The summed E-state index contributed by atoms with van der Waals surface area (Å²) in [5.41, 5.74) is -0.171. The number of nitrogens with zero attached hydrogens (tertiary/aromatic N) is 5. The molecule has 0 aliphatic heterocycles. The summed E-state index contributed by atoms with van der Waals surface area (Å²) in [6, 6.07) is 5.07. The van der Waals surface area contributed by atoms with Gasteiger partial charge in [-0.3, -0.25) is 0 Å². The molecular formula is C14H7F3N6O. The van der Waals surface area contributed by atoms with Crippen LogP contribution in [0.4, 0.5) is 24.9 Å². The van der Waals surface area contributed by atoms with Gasteiger partial charge < -0.3 is 9.73 Å². The van der Waals surface area contributed by atoms with E-state index < -0.39 is 11.7 Å². The molecule has 3 aromatic heterocycles. The van der Waals surface area contributed by atoms with E-state index in [4.69, 9.17) is 9.68 Å². The van der Waals surface area contributed by atoms with Gasteiger partial charge in [0.25, 0.3) is 6.01 Å². The Kier molecular flexibility index (Phi) is 3.83. The fourth-order valence-corrected chi connectivity index (χ4v) is 1.69. The molecule has 0 atom stereocenters. The van der Waals surface area contributed by atoms with Gasteiger partial charge in [-0.15, -0.1) is 0 Å². The van der Waals surface area contributed by atoms with Crippen LogP contribution in [0.25, 0.3) is 11.6 Å². The van der Waals surface area contributed by atoms with Gasteiger partial charge in [0.2, 0.25) is 0 Å². The maximum absolute atomic E-state index is 12.5. The lowest BCUT2D eigenvalue weighted by molar-refractivity contribution is -0.138. The Morgan fingerprint density at radius 1 is 1.00 bits per heavy atom. The Bertz CT molecular complexity index is 881. The number of nitrogens with one attached hydrogen (secondary N) is 1. The molecule has 7 nitrogen and oxygen atoms in total. The van der Waals surface area contributed by atoms with Crippen LogP contribution in [-0.2, 0) is 6.18 Å². The molecule has 3 rings (SSSR count). The van der Waals surface area contributed by atoms with E-state index in [1.165, 1.54) is 18.5 Å². The number of anilines is 2. The Hall–Kier alpha value is -3.48. The van der Waals surface area contributed by atoms with Crippen LogP contribution in [0.2, 0.25) is 0 Å². The predicted molar refractivity (Wildman–Crippen MR) is 74.8 cm³/mol. The number of nitriles is 1. The van der Waals surface area contributed by atoms with E-state index in [1.54, 1.807) is 6.07 Å². The standard InChI is InChI=1S/C14H7F3N6O/c15-14(16,17)8-4-20-12(21-5-8)11-7-22-13(24-11)23-10-2-1-9(3-18)19-6-10/h1-2,4-7H,(H,22,23). The summed E-state index contributed by atoms with van der Waals surface area (Å²) in [6.45, 7) is 0. The van der Waals surface area contributed by atoms with Crippen molar-refractivity contribution >= 4 is 11.7 Å². The molecule has 0 aliphatic carbocycles. The van der Waals surface area contributed by atoms with Crippen LogP contribution >= 0.6 is 0 Å². The molecule has 24 heavy (non-hydrogen) atoms. The number of aromatic nitrogens is 4. The Labute approximate surface area is 132 Å². The number of hydrogen-bond donors (Lipinski definition) is 1. The monoisotopic (exact) mass is 332 g/mol. The zero-order valence-electron chi connectivity index (χ0n) is 11.7. The normalized spacial score (nSPS) is 11.1. The minimum absolute atomic E-state index is 0.0264. The first-order chi connectivity index (χ1) is 11.5. The summed E-state index contributed by atoms with van der Waals surface area (Å²) in [6.07, 6.45) is -0.473. The highest BCUT2D eigenvalue weighted by molar-refractivity contribution is 5.54. The van der Waals surface area contributed by atoms with Gasteiger partial charge >= 0.3 is 6.18 Å². The van der Waals surface area contributed by atoms with Crippen LogP contribution in [0.3, 0.4) is 0 Å². The first kappa shape index (κ1) is 15.4. The highest BCUT2D eigenvalue weighted by Crippen LogP contribution is 2.29. The third-order valence-electron chi connectivity index (χ3n) is 2.83. The molecule has 0 spiro atoms.